The number of hydrogen-bond donors (Lipinski definition) is 3. The van der Waals surface area contributed by atoms with Gasteiger partial charge in [0.2, 0.25) is 5.82 Å². The maximum Gasteiger partial charge on any atom is 0.200 e. The van der Waals surface area contributed by atoms with Crippen LogP contribution in [0.25, 0.3) is 0 Å². The monoisotopic (exact) mass is 297 g/mol. The maximum absolute atomic E-state index is 13.4. The maximum atomic E-state index is 13.4. The number of hydrogen-bond acceptors (Lipinski definition) is 3. The van der Waals surface area contributed by atoms with Gasteiger partial charge in [0.05, 0.1) is 0 Å². The van der Waals surface area contributed by atoms with Crippen LogP contribution in [0.5, 0.6) is 0 Å². The standard InChI is InChI=1S/C11H12F5N3O/c1-2-4(3-5(17)19-20)18-11-9(15)7(13)6(12)8(14)10(11)16/h4,18,20H,2-3H2,1H3,(H2,17,19). The largest absolute Gasteiger partial charge is 0.409 e. The molecule has 0 amide bonds. The van der Waals surface area contributed by atoms with E-state index in [1.165, 1.54) is 0 Å². The third-order valence-electron chi connectivity index (χ3n) is 2.64. The number of rotatable bonds is 5. The normalized spacial score (nSPS) is 13.4. The lowest BCUT2D eigenvalue weighted by Crippen LogP contribution is -2.28. The van der Waals surface area contributed by atoms with Crippen LogP contribution in [0, 0.1) is 29.1 Å². The van der Waals surface area contributed by atoms with E-state index in [2.05, 4.69) is 10.5 Å². The van der Waals surface area contributed by atoms with Gasteiger partial charge in [-0.2, -0.15) is 0 Å². The molecule has 0 aliphatic rings. The first kappa shape index (κ1) is 16.0. The summed E-state index contributed by atoms with van der Waals surface area (Å²) in [4.78, 5) is 0. The molecule has 0 fully saturated rings. The molecule has 20 heavy (non-hydrogen) atoms. The highest BCUT2D eigenvalue weighted by Gasteiger charge is 2.27. The second kappa shape index (κ2) is 6.40. The van der Waals surface area contributed by atoms with E-state index in [1.54, 1.807) is 6.92 Å². The predicted octanol–water partition coefficient (Wildman–Crippen LogP) is 2.71. The Labute approximate surface area is 111 Å². The Balaban J connectivity index is 3.14. The number of amidine groups is 1. The third kappa shape index (κ3) is 3.09. The van der Waals surface area contributed by atoms with Crippen LogP contribution in [-0.4, -0.2) is 17.1 Å². The van der Waals surface area contributed by atoms with Crippen molar-refractivity contribution in [2.45, 2.75) is 25.8 Å². The smallest absolute Gasteiger partial charge is 0.200 e. The lowest BCUT2D eigenvalue weighted by atomic mass is 10.1. The molecule has 0 saturated heterocycles. The van der Waals surface area contributed by atoms with Crippen molar-refractivity contribution >= 4 is 11.5 Å². The topological polar surface area (TPSA) is 70.6 Å². The van der Waals surface area contributed by atoms with Gasteiger partial charge in [0.15, 0.2) is 23.3 Å². The van der Waals surface area contributed by atoms with Crippen molar-refractivity contribution < 1.29 is 27.2 Å². The molecule has 9 heteroatoms. The molecule has 1 atom stereocenters. The van der Waals surface area contributed by atoms with E-state index in [0.29, 0.717) is 0 Å². The minimum Gasteiger partial charge on any atom is -0.409 e. The fourth-order valence-electron chi connectivity index (χ4n) is 1.53. The number of nitrogens with one attached hydrogen (secondary N) is 1. The molecule has 1 unspecified atom stereocenters. The second-order valence-corrected chi connectivity index (χ2v) is 3.99. The number of nitrogens with two attached hydrogens (primary N) is 1. The molecular formula is C11H12F5N3O. The van der Waals surface area contributed by atoms with E-state index >= 15 is 0 Å². The highest BCUT2D eigenvalue weighted by Crippen LogP contribution is 2.28. The summed E-state index contributed by atoms with van der Waals surface area (Å²) in [5, 5.41) is 13.2. The van der Waals surface area contributed by atoms with Gasteiger partial charge in [-0.05, 0) is 6.42 Å². The van der Waals surface area contributed by atoms with E-state index in [-0.39, 0.29) is 18.7 Å². The zero-order chi connectivity index (χ0) is 15.4. The minimum absolute atomic E-state index is 0.132. The minimum atomic E-state index is -2.23. The Hall–Kier alpha value is -2.06. The highest BCUT2D eigenvalue weighted by atomic mass is 19.2. The van der Waals surface area contributed by atoms with Crippen LogP contribution in [0.15, 0.2) is 5.16 Å². The number of anilines is 1. The molecule has 0 heterocycles. The summed E-state index contributed by atoms with van der Waals surface area (Å²) in [5.41, 5.74) is 4.09. The van der Waals surface area contributed by atoms with Crippen molar-refractivity contribution in [3.8, 4) is 0 Å². The predicted molar refractivity (Wildman–Crippen MR) is 62.0 cm³/mol. The number of halogens is 5. The average molecular weight is 297 g/mol. The van der Waals surface area contributed by atoms with Crippen LogP contribution in [0.4, 0.5) is 27.6 Å². The SMILES string of the molecule is CCC(CC(N)=NO)Nc1c(F)c(F)c(F)c(F)c1F. The van der Waals surface area contributed by atoms with Gasteiger partial charge < -0.3 is 16.3 Å². The van der Waals surface area contributed by atoms with E-state index in [9.17, 15) is 22.0 Å². The molecule has 1 aromatic carbocycles. The molecule has 0 saturated carbocycles. The fourth-order valence-corrected chi connectivity index (χ4v) is 1.53. The van der Waals surface area contributed by atoms with Gasteiger partial charge in [-0.15, -0.1) is 0 Å². The summed E-state index contributed by atoms with van der Waals surface area (Å²) >= 11 is 0. The van der Waals surface area contributed by atoms with Gasteiger partial charge in [0.25, 0.3) is 0 Å². The molecule has 112 valence electrons. The Morgan fingerprint density at radius 2 is 1.55 bits per heavy atom. The highest BCUT2D eigenvalue weighted by molar-refractivity contribution is 5.80. The van der Waals surface area contributed by atoms with Crippen LogP contribution in [0.2, 0.25) is 0 Å². The molecule has 0 spiro atoms. The van der Waals surface area contributed by atoms with Gasteiger partial charge in [-0.1, -0.05) is 12.1 Å². The number of nitrogens with zero attached hydrogens (tertiary/aromatic N) is 1. The molecule has 0 aromatic heterocycles. The molecule has 0 aliphatic carbocycles. The van der Waals surface area contributed by atoms with Crippen LogP contribution < -0.4 is 11.1 Å². The Morgan fingerprint density at radius 3 is 1.95 bits per heavy atom. The van der Waals surface area contributed by atoms with Crippen LogP contribution in [-0.2, 0) is 0 Å². The van der Waals surface area contributed by atoms with Gasteiger partial charge in [-0.3, -0.25) is 0 Å². The fraction of sp³-hybridized carbons (Fsp3) is 0.364. The van der Waals surface area contributed by atoms with E-state index in [4.69, 9.17) is 10.9 Å². The Morgan fingerprint density at radius 1 is 1.10 bits per heavy atom. The summed E-state index contributed by atoms with van der Waals surface area (Å²) in [6.07, 6.45) is 0.113. The molecule has 0 radical (unpaired) electrons. The van der Waals surface area contributed by atoms with Crippen molar-refractivity contribution in [1.82, 2.24) is 0 Å². The van der Waals surface area contributed by atoms with E-state index in [1.807, 2.05) is 0 Å². The molecule has 1 aromatic rings. The van der Waals surface area contributed by atoms with Crippen molar-refractivity contribution in [2.75, 3.05) is 5.32 Å². The quantitative estimate of drug-likeness (QED) is 0.149. The molecular weight excluding hydrogens is 285 g/mol. The molecule has 4 N–H and O–H groups in total. The van der Waals surface area contributed by atoms with Crippen molar-refractivity contribution in [2.24, 2.45) is 10.9 Å². The Kier molecular flexibility index (Phi) is 5.12. The van der Waals surface area contributed by atoms with Crippen LogP contribution in [0.1, 0.15) is 19.8 Å². The van der Waals surface area contributed by atoms with E-state index in [0.717, 1.165) is 0 Å². The first-order valence-electron chi connectivity index (χ1n) is 5.57. The van der Waals surface area contributed by atoms with Gasteiger partial charge >= 0.3 is 0 Å². The van der Waals surface area contributed by atoms with Crippen LogP contribution >= 0.6 is 0 Å². The zero-order valence-corrected chi connectivity index (χ0v) is 10.4. The van der Waals surface area contributed by atoms with Gasteiger partial charge in [0.1, 0.15) is 11.5 Å². The molecule has 4 nitrogen and oxygen atoms in total. The summed E-state index contributed by atoms with van der Waals surface area (Å²) < 4.78 is 65.7. The summed E-state index contributed by atoms with van der Waals surface area (Å²) in [6.45, 7) is 1.59. The second-order valence-electron chi connectivity index (χ2n) is 3.99. The summed E-state index contributed by atoms with van der Waals surface area (Å²) in [6, 6.07) is -0.765. The first-order chi connectivity index (χ1) is 9.33. The summed E-state index contributed by atoms with van der Waals surface area (Å²) in [5.74, 6) is -10.5. The van der Waals surface area contributed by atoms with Crippen molar-refractivity contribution in [1.29, 1.82) is 0 Å². The summed E-state index contributed by atoms with van der Waals surface area (Å²) in [7, 11) is 0. The zero-order valence-electron chi connectivity index (χ0n) is 10.4. The van der Waals surface area contributed by atoms with Crippen LogP contribution in [0.3, 0.4) is 0 Å². The lowest BCUT2D eigenvalue weighted by molar-refractivity contribution is 0.316. The van der Waals surface area contributed by atoms with Gasteiger partial charge in [0, 0.05) is 12.5 Å². The number of benzene rings is 1. The number of oxime groups is 1. The van der Waals surface area contributed by atoms with E-state index < -0.39 is 40.8 Å². The third-order valence-corrected chi connectivity index (χ3v) is 2.64. The molecule has 1 rings (SSSR count). The molecule has 0 bridgehead atoms. The lowest BCUT2D eigenvalue weighted by Gasteiger charge is -2.19. The first-order valence-corrected chi connectivity index (χ1v) is 5.57. The van der Waals surface area contributed by atoms with Crippen molar-refractivity contribution in [3.05, 3.63) is 29.1 Å². The van der Waals surface area contributed by atoms with Crippen molar-refractivity contribution in [3.63, 3.8) is 0 Å². The average Bonchev–Trinajstić information content (AvgIpc) is 2.45. The van der Waals surface area contributed by atoms with Gasteiger partial charge in [-0.25, -0.2) is 22.0 Å². The Bertz CT molecular complexity index is 506. The molecule has 0 aliphatic heterocycles.